The van der Waals surface area contributed by atoms with Gasteiger partial charge >= 0.3 is 18.2 Å². The van der Waals surface area contributed by atoms with Crippen LogP contribution in [0, 0.1) is 0 Å². The summed E-state index contributed by atoms with van der Waals surface area (Å²) in [6.07, 6.45) is -1.23. The molecule has 3 N–H and O–H groups in total. The van der Waals surface area contributed by atoms with Crippen molar-refractivity contribution in [2.24, 2.45) is 0 Å². The Morgan fingerprint density at radius 3 is 2.02 bits per heavy atom. The molecule has 8 heteroatoms. The van der Waals surface area contributed by atoms with Crippen LogP contribution in [-0.4, -0.2) is 41.5 Å². The molecule has 0 saturated carbocycles. The van der Waals surface area contributed by atoms with Crippen molar-refractivity contribution in [2.75, 3.05) is 11.9 Å². The van der Waals surface area contributed by atoms with Crippen LogP contribution in [0.5, 0.6) is 0 Å². The van der Waals surface area contributed by atoms with E-state index >= 15 is 0 Å². The molecule has 0 heterocycles. The van der Waals surface area contributed by atoms with Crippen LogP contribution in [-0.2, 0) is 20.7 Å². The predicted octanol–water partition coefficient (Wildman–Crippen LogP) is 7.24. The topological polar surface area (TPSA) is 114 Å². The average Bonchev–Trinajstić information content (AvgIpc) is 3.29. The maximum Gasteiger partial charge on any atom is 0.412 e. The van der Waals surface area contributed by atoms with E-state index in [1.165, 1.54) is 0 Å². The molecule has 0 fully saturated rings. The number of carbonyl (C=O) groups excluding carboxylic acids is 2. The molecule has 5 rings (SSSR count). The third-order valence-corrected chi connectivity index (χ3v) is 7.17. The highest BCUT2D eigenvalue weighted by Gasteiger charge is 2.30. The van der Waals surface area contributed by atoms with Gasteiger partial charge in [0.25, 0.3) is 0 Å². The number of hydrogen-bond acceptors (Lipinski definition) is 5. The molecule has 43 heavy (non-hydrogen) atoms. The van der Waals surface area contributed by atoms with Gasteiger partial charge in [-0.3, -0.25) is 5.32 Å². The van der Waals surface area contributed by atoms with Crippen molar-refractivity contribution in [3.8, 4) is 22.3 Å². The first kappa shape index (κ1) is 29.4. The lowest BCUT2D eigenvalue weighted by Crippen LogP contribution is -2.42. The molecule has 220 valence electrons. The zero-order valence-electron chi connectivity index (χ0n) is 24.3. The van der Waals surface area contributed by atoms with Gasteiger partial charge in [0, 0.05) is 18.0 Å². The normalized spacial score (nSPS) is 12.9. The highest BCUT2D eigenvalue weighted by Crippen LogP contribution is 2.44. The molecule has 0 unspecified atom stereocenters. The minimum Gasteiger partial charge on any atom is -0.480 e. The molecule has 0 radical (unpaired) electrons. The fraction of sp³-hybridized carbons (Fsp3) is 0.229. The molecule has 0 bridgehead atoms. The second-order valence-corrected chi connectivity index (χ2v) is 11.5. The van der Waals surface area contributed by atoms with Crippen molar-refractivity contribution in [1.29, 1.82) is 0 Å². The Labute approximate surface area is 250 Å². The summed E-state index contributed by atoms with van der Waals surface area (Å²) >= 11 is 0. The van der Waals surface area contributed by atoms with Gasteiger partial charge in [0.05, 0.1) is 0 Å². The summed E-state index contributed by atoms with van der Waals surface area (Å²) in [6.45, 7) is 5.50. The van der Waals surface area contributed by atoms with Gasteiger partial charge in [-0.25, -0.2) is 14.4 Å². The Hall–Kier alpha value is -5.11. The van der Waals surface area contributed by atoms with E-state index in [1.54, 1.807) is 26.8 Å². The molecular formula is C35H34N2O6. The summed E-state index contributed by atoms with van der Waals surface area (Å²) in [6, 6.07) is 29.6. The number of carboxylic acids is 1. The summed E-state index contributed by atoms with van der Waals surface area (Å²) in [4.78, 5) is 36.9. The van der Waals surface area contributed by atoms with Crippen LogP contribution in [0.4, 0.5) is 15.3 Å². The predicted molar refractivity (Wildman–Crippen MR) is 165 cm³/mol. The van der Waals surface area contributed by atoms with E-state index in [-0.39, 0.29) is 18.9 Å². The lowest BCUT2D eigenvalue weighted by Gasteiger charge is -2.19. The van der Waals surface area contributed by atoms with E-state index in [9.17, 15) is 19.5 Å². The molecule has 4 aromatic rings. The first-order valence-electron chi connectivity index (χ1n) is 14.1. The zero-order chi connectivity index (χ0) is 30.6. The average molecular weight is 579 g/mol. The van der Waals surface area contributed by atoms with Crippen LogP contribution in [0.15, 0.2) is 97.1 Å². The number of alkyl carbamates (subject to hydrolysis) is 1. The molecule has 0 saturated heterocycles. The number of carboxylic acid groups (broad SMARTS) is 1. The highest BCUT2D eigenvalue weighted by molar-refractivity contribution is 5.86. The number of fused-ring (bicyclic) bond motifs is 3. The number of benzene rings is 4. The largest absolute Gasteiger partial charge is 0.480 e. The quantitative estimate of drug-likeness (QED) is 0.203. The maximum atomic E-state index is 12.7. The van der Waals surface area contributed by atoms with Gasteiger partial charge in [-0.2, -0.15) is 0 Å². The van der Waals surface area contributed by atoms with Gasteiger partial charge in [0.2, 0.25) is 0 Å². The maximum absolute atomic E-state index is 12.7. The third kappa shape index (κ3) is 7.22. The Kier molecular flexibility index (Phi) is 8.48. The van der Waals surface area contributed by atoms with E-state index in [0.717, 1.165) is 38.9 Å². The number of ether oxygens (including phenoxy) is 2. The molecule has 0 aliphatic heterocycles. The summed E-state index contributed by atoms with van der Waals surface area (Å²) in [5.74, 6) is -1.27. The monoisotopic (exact) mass is 578 g/mol. The number of nitrogens with one attached hydrogen (secondary N) is 2. The van der Waals surface area contributed by atoms with Crippen LogP contribution in [0.25, 0.3) is 22.3 Å². The van der Waals surface area contributed by atoms with Gasteiger partial charge in [-0.05, 0) is 71.8 Å². The van der Waals surface area contributed by atoms with E-state index in [1.807, 2.05) is 78.9 Å². The first-order valence-corrected chi connectivity index (χ1v) is 14.1. The van der Waals surface area contributed by atoms with Crippen molar-refractivity contribution < 1.29 is 29.0 Å². The van der Waals surface area contributed by atoms with Crippen molar-refractivity contribution >= 4 is 23.8 Å². The van der Waals surface area contributed by atoms with E-state index in [2.05, 4.69) is 22.8 Å². The molecular weight excluding hydrogens is 544 g/mol. The van der Waals surface area contributed by atoms with Gasteiger partial charge in [0.1, 0.15) is 18.2 Å². The summed E-state index contributed by atoms with van der Waals surface area (Å²) in [5.41, 5.74) is 6.86. The summed E-state index contributed by atoms with van der Waals surface area (Å²) in [7, 11) is 0. The molecule has 8 nitrogen and oxygen atoms in total. The van der Waals surface area contributed by atoms with E-state index in [4.69, 9.17) is 9.47 Å². The highest BCUT2D eigenvalue weighted by atomic mass is 16.6. The molecule has 4 aromatic carbocycles. The number of carbonyl (C=O) groups is 3. The van der Waals surface area contributed by atoms with E-state index < -0.39 is 29.8 Å². The second kappa shape index (κ2) is 12.4. The molecule has 1 aliphatic rings. The molecule has 2 amide bonds. The molecule has 0 spiro atoms. The Balaban J connectivity index is 1.19. The zero-order valence-corrected chi connectivity index (χ0v) is 24.3. The Morgan fingerprint density at radius 2 is 1.42 bits per heavy atom. The molecule has 1 aliphatic carbocycles. The van der Waals surface area contributed by atoms with Crippen LogP contribution < -0.4 is 10.6 Å². The van der Waals surface area contributed by atoms with Crippen molar-refractivity contribution in [3.05, 3.63) is 114 Å². The third-order valence-electron chi connectivity index (χ3n) is 7.17. The van der Waals surface area contributed by atoms with Crippen LogP contribution >= 0.6 is 0 Å². The minimum atomic E-state index is -1.16. The lowest BCUT2D eigenvalue weighted by atomic mass is 9.98. The van der Waals surface area contributed by atoms with Crippen LogP contribution in [0.1, 0.15) is 43.4 Å². The molecule has 0 aromatic heterocycles. The second-order valence-electron chi connectivity index (χ2n) is 11.5. The van der Waals surface area contributed by atoms with Crippen molar-refractivity contribution in [2.45, 2.75) is 44.8 Å². The van der Waals surface area contributed by atoms with E-state index in [0.29, 0.717) is 5.69 Å². The number of aliphatic carboxylic acids is 1. The fourth-order valence-electron chi connectivity index (χ4n) is 5.25. The van der Waals surface area contributed by atoms with Gasteiger partial charge in [-0.1, -0.05) is 84.9 Å². The summed E-state index contributed by atoms with van der Waals surface area (Å²) in [5, 5.41) is 15.1. The first-order chi connectivity index (χ1) is 20.6. The SMILES string of the molecule is CC(C)(C)OC(=O)Nc1cccc(-c2ccc(C[C@H](NC(=O)OCC3c4ccccc4-c4ccccc43)C(=O)O)cc2)c1. The number of rotatable bonds is 8. The standard InChI is InChI=1S/C35H34N2O6/c1-35(2,3)43-34(41)36-25-10-8-9-24(20-25)23-17-15-22(16-18-23)19-31(32(38)39)37-33(40)42-21-30-28-13-6-4-11-26(28)27-12-5-7-14-29(27)30/h4-18,20,30-31H,19,21H2,1-3H3,(H,36,41)(H,37,40)(H,38,39)/t31-/m0/s1. The lowest BCUT2D eigenvalue weighted by molar-refractivity contribution is -0.139. The number of amides is 2. The fourth-order valence-corrected chi connectivity index (χ4v) is 5.25. The Bertz CT molecular complexity index is 1600. The van der Waals surface area contributed by atoms with Crippen LogP contribution in [0.2, 0.25) is 0 Å². The van der Waals surface area contributed by atoms with Gasteiger partial charge in [0.15, 0.2) is 0 Å². The minimum absolute atomic E-state index is 0.0834. The molecule has 1 atom stereocenters. The summed E-state index contributed by atoms with van der Waals surface area (Å²) < 4.78 is 10.9. The Morgan fingerprint density at radius 1 is 0.791 bits per heavy atom. The van der Waals surface area contributed by atoms with Crippen molar-refractivity contribution in [3.63, 3.8) is 0 Å². The number of anilines is 1. The smallest absolute Gasteiger partial charge is 0.412 e. The van der Waals surface area contributed by atoms with Crippen molar-refractivity contribution in [1.82, 2.24) is 5.32 Å². The van der Waals surface area contributed by atoms with Crippen LogP contribution in [0.3, 0.4) is 0 Å². The van der Waals surface area contributed by atoms with Gasteiger partial charge in [-0.15, -0.1) is 0 Å². The van der Waals surface area contributed by atoms with Gasteiger partial charge < -0.3 is 19.9 Å². The number of hydrogen-bond donors (Lipinski definition) is 3.